The zero-order valence-electron chi connectivity index (χ0n) is 23.6. The number of benzene rings is 2. The molecule has 13 heteroatoms. The number of nitrogens with one attached hydrogen (secondary N) is 1. The van der Waals surface area contributed by atoms with Crippen LogP contribution in [0.4, 0.5) is 11.4 Å². The SMILES string of the molecule is C[C@H]1[C@H]([Si](C)(C)O)[C@@H](CCO)O[C@]12C(=O)N(Cc1cccc(NC(=O)[C@H]3O[C@@H](O)[C@H](O)[C@@H](O)[C@@H]3O)c1)c1ccccc12. The highest BCUT2D eigenvalue weighted by Gasteiger charge is 2.66. The van der Waals surface area contributed by atoms with E-state index in [2.05, 4.69) is 5.32 Å². The molecule has 2 saturated heterocycles. The molecule has 228 valence electrons. The molecular weight excluding hydrogens is 564 g/mol. The number of para-hydroxylation sites is 1. The minimum Gasteiger partial charge on any atom is -0.432 e. The van der Waals surface area contributed by atoms with E-state index in [0.29, 0.717) is 28.9 Å². The molecular formula is C29H38N2O10Si. The molecule has 2 amide bonds. The third kappa shape index (κ3) is 5.08. The number of amides is 2. The quantitative estimate of drug-likeness (QED) is 0.215. The number of hydrogen-bond donors (Lipinski definition) is 7. The Balaban J connectivity index is 1.40. The number of hydrogen-bond acceptors (Lipinski definition) is 10. The number of carbonyl (C=O) groups excluding carboxylic acids is 2. The van der Waals surface area contributed by atoms with E-state index in [9.17, 15) is 39.9 Å². The molecule has 2 fully saturated rings. The van der Waals surface area contributed by atoms with Crippen LogP contribution in [-0.2, 0) is 31.2 Å². The van der Waals surface area contributed by atoms with Crippen LogP contribution in [0.3, 0.4) is 0 Å². The summed E-state index contributed by atoms with van der Waals surface area (Å²) in [5.41, 5.74) is 0.763. The lowest BCUT2D eigenvalue weighted by Gasteiger charge is -2.37. The first-order valence-electron chi connectivity index (χ1n) is 14.0. The number of nitrogens with zero attached hydrogens (tertiary/aromatic N) is 1. The molecule has 7 N–H and O–H groups in total. The van der Waals surface area contributed by atoms with E-state index < -0.39 is 56.6 Å². The van der Waals surface area contributed by atoms with Crippen molar-refractivity contribution in [3.05, 3.63) is 59.7 Å². The summed E-state index contributed by atoms with van der Waals surface area (Å²) in [6, 6.07) is 14.1. The van der Waals surface area contributed by atoms with Crippen molar-refractivity contribution in [2.24, 2.45) is 5.92 Å². The summed E-state index contributed by atoms with van der Waals surface area (Å²) < 4.78 is 11.6. The third-order valence-corrected chi connectivity index (χ3v) is 11.2. The van der Waals surface area contributed by atoms with E-state index in [0.717, 1.165) is 0 Å². The molecule has 12 nitrogen and oxygen atoms in total. The maximum atomic E-state index is 14.3. The van der Waals surface area contributed by atoms with Gasteiger partial charge in [-0.1, -0.05) is 37.3 Å². The molecule has 9 atom stereocenters. The second-order valence-electron chi connectivity index (χ2n) is 11.9. The van der Waals surface area contributed by atoms with Crippen LogP contribution in [0.15, 0.2) is 48.5 Å². The second-order valence-corrected chi connectivity index (χ2v) is 15.9. The fraction of sp³-hybridized carbons (Fsp3) is 0.517. The van der Waals surface area contributed by atoms with Gasteiger partial charge in [-0.25, -0.2) is 0 Å². The number of anilines is 2. The van der Waals surface area contributed by atoms with E-state index in [4.69, 9.17) is 9.47 Å². The number of aliphatic hydroxyl groups is 5. The van der Waals surface area contributed by atoms with E-state index >= 15 is 0 Å². The molecule has 2 aromatic rings. The third-order valence-electron chi connectivity index (χ3n) is 8.69. The maximum Gasteiger partial charge on any atom is 0.264 e. The fourth-order valence-corrected chi connectivity index (χ4v) is 9.41. The maximum absolute atomic E-state index is 14.3. The largest absolute Gasteiger partial charge is 0.432 e. The molecule has 0 radical (unpaired) electrons. The topological polar surface area (TPSA) is 189 Å². The Hall–Kier alpha value is -2.72. The Bertz CT molecular complexity index is 1340. The molecule has 5 rings (SSSR count). The van der Waals surface area contributed by atoms with E-state index in [-0.39, 0.29) is 30.5 Å². The first-order chi connectivity index (χ1) is 19.8. The molecule has 2 aromatic carbocycles. The van der Waals surface area contributed by atoms with Crippen LogP contribution in [0.1, 0.15) is 24.5 Å². The summed E-state index contributed by atoms with van der Waals surface area (Å²) in [6.45, 7) is 5.58. The van der Waals surface area contributed by atoms with Gasteiger partial charge in [0.1, 0.15) is 18.3 Å². The van der Waals surface area contributed by atoms with E-state index in [1.165, 1.54) is 0 Å². The highest BCUT2D eigenvalue weighted by Crippen LogP contribution is 2.59. The van der Waals surface area contributed by atoms with Crippen LogP contribution >= 0.6 is 0 Å². The lowest BCUT2D eigenvalue weighted by Crippen LogP contribution is -2.60. The Kier molecular flexibility index (Phi) is 8.35. The smallest absolute Gasteiger partial charge is 0.264 e. The monoisotopic (exact) mass is 602 g/mol. The van der Waals surface area contributed by atoms with E-state index in [1.807, 2.05) is 44.3 Å². The van der Waals surface area contributed by atoms with Gasteiger partial charge in [0.05, 0.1) is 18.3 Å². The van der Waals surface area contributed by atoms with Gasteiger partial charge in [0, 0.05) is 29.3 Å². The Morgan fingerprint density at radius 3 is 2.45 bits per heavy atom. The number of fused-ring (bicyclic) bond motifs is 2. The van der Waals surface area contributed by atoms with Gasteiger partial charge in [-0.3, -0.25) is 9.59 Å². The van der Waals surface area contributed by atoms with E-state index in [1.54, 1.807) is 29.2 Å². The summed E-state index contributed by atoms with van der Waals surface area (Å²) in [7, 11) is -2.80. The number of rotatable bonds is 7. The number of carbonyl (C=O) groups is 2. The van der Waals surface area contributed by atoms with Crippen molar-refractivity contribution in [1.29, 1.82) is 0 Å². The average Bonchev–Trinajstić information content (AvgIpc) is 3.36. The summed E-state index contributed by atoms with van der Waals surface area (Å²) in [5.74, 6) is -1.46. The molecule has 3 aliphatic heterocycles. The minimum absolute atomic E-state index is 0.131. The van der Waals surface area contributed by atoms with Gasteiger partial charge in [-0.05, 0) is 43.3 Å². The summed E-state index contributed by atoms with van der Waals surface area (Å²) in [4.78, 5) is 39.9. The number of aliphatic hydroxyl groups excluding tert-OH is 5. The van der Waals surface area contributed by atoms with Crippen LogP contribution in [0.5, 0.6) is 0 Å². The summed E-state index contributed by atoms with van der Waals surface area (Å²) in [6.07, 6.45) is -8.97. The summed E-state index contributed by atoms with van der Waals surface area (Å²) in [5, 5.41) is 51.9. The van der Waals surface area contributed by atoms with Gasteiger partial charge < -0.3 is 50.0 Å². The Morgan fingerprint density at radius 1 is 1.05 bits per heavy atom. The van der Waals surface area contributed by atoms with Gasteiger partial charge in [0.2, 0.25) is 0 Å². The van der Waals surface area contributed by atoms with Crippen LogP contribution in [0.25, 0.3) is 0 Å². The molecule has 1 spiro atoms. The van der Waals surface area contributed by atoms with Gasteiger partial charge in [-0.2, -0.15) is 0 Å². The van der Waals surface area contributed by atoms with Gasteiger partial charge in [0.15, 0.2) is 26.3 Å². The normalized spacial score (nSPS) is 34.6. The van der Waals surface area contributed by atoms with Crippen molar-refractivity contribution in [3.8, 4) is 0 Å². The van der Waals surface area contributed by atoms with Crippen LogP contribution in [0, 0.1) is 5.92 Å². The Labute approximate surface area is 244 Å². The summed E-state index contributed by atoms with van der Waals surface area (Å²) >= 11 is 0. The fourth-order valence-electron chi connectivity index (χ4n) is 6.81. The van der Waals surface area contributed by atoms with Crippen molar-refractivity contribution in [3.63, 3.8) is 0 Å². The van der Waals surface area contributed by atoms with Crippen molar-refractivity contribution in [2.45, 2.75) is 80.9 Å². The molecule has 0 unspecified atom stereocenters. The minimum atomic E-state index is -2.80. The second kappa shape index (κ2) is 11.4. The molecule has 0 bridgehead atoms. The zero-order valence-corrected chi connectivity index (χ0v) is 24.6. The van der Waals surface area contributed by atoms with Crippen molar-refractivity contribution < 1.29 is 49.4 Å². The van der Waals surface area contributed by atoms with Crippen LogP contribution in [-0.4, -0.2) is 93.9 Å². The van der Waals surface area contributed by atoms with Crippen LogP contribution in [0.2, 0.25) is 18.6 Å². The predicted octanol–water partition coefficient (Wildman–Crippen LogP) is 0.152. The lowest BCUT2D eigenvalue weighted by molar-refractivity contribution is -0.274. The van der Waals surface area contributed by atoms with Gasteiger partial charge >= 0.3 is 0 Å². The highest BCUT2D eigenvalue weighted by atomic mass is 28.4. The molecule has 3 aliphatic rings. The zero-order chi connectivity index (χ0) is 30.6. The molecule has 42 heavy (non-hydrogen) atoms. The first-order valence-corrected chi connectivity index (χ1v) is 17.0. The standard InChI is InChI=1S/C29H38N2O10Si/c1-15-25(42(2,3)39)20(11-12-32)41-29(15)18-9-4-5-10-19(18)31(28(29)38)14-16-7-6-8-17(13-16)30-26(36)24-22(34)21(33)23(35)27(37)40-24/h4-10,13,15,20-25,27,32-35,37,39H,11-12,14H2,1-3H3,(H,30,36)/t15-,20+,21-,22-,23+,24-,25-,27+,29+/m0/s1. The van der Waals surface area contributed by atoms with Crippen molar-refractivity contribution in [2.75, 3.05) is 16.8 Å². The molecule has 0 aromatic heterocycles. The van der Waals surface area contributed by atoms with Crippen LogP contribution < -0.4 is 10.2 Å². The van der Waals surface area contributed by atoms with Gasteiger partial charge in [-0.15, -0.1) is 0 Å². The van der Waals surface area contributed by atoms with Gasteiger partial charge in [0.25, 0.3) is 11.8 Å². The van der Waals surface area contributed by atoms with Crippen molar-refractivity contribution >= 4 is 31.5 Å². The highest BCUT2D eigenvalue weighted by molar-refractivity contribution is 6.71. The van der Waals surface area contributed by atoms with Crippen molar-refractivity contribution in [1.82, 2.24) is 0 Å². The average molecular weight is 603 g/mol. The molecule has 0 saturated carbocycles. The molecule has 0 aliphatic carbocycles. The first kappa shape index (κ1) is 30.7. The lowest BCUT2D eigenvalue weighted by atomic mass is 9.82. The molecule has 3 heterocycles. The predicted molar refractivity (Wildman–Crippen MR) is 152 cm³/mol. The Morgan fingerprint density at radius 2 is 1.76 bits per heavy atom. The number of ether oxygens (including phenoxy) is 2.